The predicted molar refractivity (Wildman–Crippen MR) is 85.3 cm³/mol. The molecule has 1 aromatic rings. The zero-order valence-corrected chi connectivity index (χ0v) is 15.0. The first kappa shape index (κ1) is 19.1. The Hall–Kier alpha value is -1.28. The minimum atomic E-state index is -4.59. The van der Waals surface area contributed by atoms with Crippen LogP contribution < -0.4 is 10.2 Å². The van der Waals surface area contributed by atoms with Crippen LogP contribution in [-0.4, -0.2) is 28.9 Å². The van der Waals surface area contributed by atoms with E-state index in [4.69, 9.17) is 14.0 Å². The summed E-state index contributed by atoms with van der Waals surface area (Å²) in [6, 6.07) is 2.38. The van der Waals surface area contributed by atoms with Crippen molar-refractivity contribution in [2.75, 3.05) is 0 Å². The first-order chi connectivity index (χ1) is 10.6. The Morgan fingerprint density at radius 1 is 1.00 bits per heavy atom. The summed E-state index contributed by atoms with van der Waals surface area (Å²) in [5.41, 5.74) is -2.77. The standard InChI is InChI=1S/C16H23BF3NO3/c1-13(2,3)22-12-9-10(8-11(21-12)16(18,19)20)17-23-14(4,5)15(6,7)24-17/h8-9H,1-7H3. The van der Waals surface area contributed by atoms with E-state index >= 15 is 0 Å². The van der Waals surface area contributed by atoms with Crippen molar-refractivity contribution in [2.45, 2.75) is 71.4 Å². The van der Waals surface area contributed by atoms with Gasteiger partial charge in [0.2, 0.25) is 5.88 Å². The second-order valence-corrected chi connectivity index (χ2v) is 7.92. The summed E-state index contributed by atoms with van der Waals surface area (Å²) >= 11 is 0. The van der Waals surface area contributed by atoms with Crippen molar-refractivity contribution in [1.82, 2.24) is 4.98 Å². The second-order valence-electron chi connectivity index (χ2n) is 7.92. The predicted octanol–water partition coefficient (Wildman–Crippen LogP) is 3.58. The Balaban J connectivity index is 2.45. The molecule has 2 rings (SSSR count). The van der Waals surface area contributed by atoms with Crippen molar-refractivity contribution in [3.8, 4) is 5.88 Å². The third kappa shape index (κ3) is 4.03. The number of hydrogen-bond acceptors (Lipinski definition) is 4. The SMILES string of the molecule is CC(C)(C)Oc1cc(B2OC(C)(C)C(C)(C)O2)cc(C(F)(F)F)n1. The van der Waals surface area contributed by atoms with Crippen LogP contribution in [0.4, 0.5) is 13.2 Å². The van der Waals surface area contributed by atoms with Crippen LogP contribution in [0.5, 0.6) is 5.88 Å². The smallest absolute Gasteiger partial charge is 0.472 e. The van der Waals surface area contributed by atoms with Crippen molar-refractivity contribution in [3.05, 3.63) is 17.8 Å². The minimum Gasteiger partial charge on any atom is -0.472 e. The fourth-order valence-corrected chi connectivity index (χ4v) is 2.15. The van der Waals surface area contributed by atoms with Crippen molar-refractivity contribution in [3.63, 3.8) is 0 Å². The van der Waals surface area contributed by atoms with Gasteiger partial charge >= 0.3 is 13.3 Å². The Morgan fingerprint density at radius 2 is 1.50 bits per heavy atom. The molecular formula is C16H23BF3NO3. The fourth-order valence-electron chi connectivity index (χ4n) is 2.15. The molecule has 2 heterocycles. The van der Waals surface area contributed by atoms with Gasteiger partial charge in [-0.3, -0.25) is 0 Å². The number of pyridine rings is 1. The van der Waals surface area contributed by atoms with Gasteiger partial charge in [-0.05, 0) is 60.0 Å². The minimum absolute atomic E-state index is 0.109. The van der Waals surface area contributed by atoms with E-state index in [0.717, 1.165) is 6.07 Å². The van der Waals surface area contributed by atoms with Gasteiger partial charge < -0.3 is 14.0 Å². The lowest BCUT2D eigenvalue weighted by Crippen LogP contribution is -2.41. The van der Waals surface area contributed by atoms with Crippen LogP contribution >= 0.6 is 0 Å². The normalized spacial score (nSPS) is 20.3. The molecule has 0 bridgehead atoms. The monoisotopic (exact) mass is 345 g/mol. The lowest BCUT2D eigenvalue weighted by Gasteiger charge is -2.32. The average molecular weight is 345 g/mol. The zero-order valence-electron chi connectivity index (χ0n) is 15.0. The molecule has 1 fully saturated rings. The van der Waals surface area contributed by atoms with E-state index in [1.54, 1.807) is 20.8 Å². The molecule has 0 aromatic carbocycles. The summed E-state index contributed by atoms with van der Waals surface area (Å²) < 4.78 is 56.7. The van der Waals surface area contributed by atoms with E-state index in [0.29, 0.717) is 0 Å². The molecule has 1 aliphatic heterocycles. The lowest BCUT2D eigenvalue weighted by atomic mass is 9.79. The molecule has 0 atom stereocenters. The average Bonchev–Trinajstić information content (AvgIpc) is 2.55. The number of nitrogens with zero attached hydrogens (tertiary/aromatic N) is 1. The van der Waals surface area contributed by atoms with Crippen molar-refractivity contribution >= 4 is 12.6 Å². The molecule has 1 saturated heterocycles. The van der Waals surface area contributed by atoms with Gasteiger partial charge in [-0.25, -0.2) is 4.98 Å². The second kappa shape index (κ2) is 5.63. The zero-order chi connectivity index (χ0) is 18.6. The van der Waals surface area contributed by atoms with Crippen molar-refractivity contribution in [2.24, 2.45) is 0 Å². The highest BCUT2D eigenvalue weighted by Crippen LogP contribution is 2.37. The Bertz CT molecular complexity index is 608. The summed E-state index contributed by atoms with van der Waals surface area (Å²) in [6.07, 6.45) is -4.59. The molecule has 0 aliphatic carbocycles. The van der Waals surface area contributed by atoms with Crippen LogP contribution in [0.2, 0.25) is 0 Å². The summed E-state index contributed by atoms with van der Waals surface area (Å²) in [5, 5.41) is 0. The number of hydrogen-bond donors (Lipinski definition) is 0. The van der Waals surface area contributed by atoms with Crippen LogP contribution in [0, 0.1) is 0 Å². The molecule has 1 aliphatic rings. The molecule has 134 valence electrons. The summed E-state index contributed by atoms with van der Waals surface area (Å²) in [5.74, 6) is -0.109. The van der Waals surface area contributed by atoms with E-state index in [1.807, 2.05) is 27.7 Å². The highest BCUT2D eigenvalue weighted by atomic mass is 19.4. The molecule has 0 N–H and O–H groups in total. The van der Waals surface area contributed by atoms with Crippen LogP contribution in [0.1, 0.15) is 54.2 Å². The topological polar surface area (TPSA) is 40.6 Å². The maximum absolute atomic E-state index is 13.2. The molecular weight excluding hydrogens is 322 g/mol. The van der Waals surface area contributed by atoms with Crippen LogP contribution in [0.3, 0.4) is 0 Å². The largest absolute Gasteiger partial charge is 0.495 e. The summed E-state index contributed by atoms with van der Waals surface area (Å²) in [7, 11) is -0.915. The molecule has 8 heteroatoms. The summed E-state index contributed by atoms with van der Waals surface area (Å²) in [4.78, 5) is 3.58. The first-order valence-electron chi connectivity index (χ1n) is 7.75. The van der Waals surface area contributed by atoms with Gasteiger partial charge in [0.25, 0.3) is 0 Å². The molecule has 0 unspecified atom stereocenters. The van der Waals surface area contributed by atoms with E-state index in [1.165, 1.54) is 6.07 Å². The van der Waals surface area contributed by atoms with Gasteiger partial charge in [0.1, 0.15) is 11.3 Å². The highest BCUT2D eigenvalue weighted by molar-refractivity contribution is 6.62. The molecule has 1 aromatic heterocycles. The number of alkyl halides is 3. The van der Waals surface area contributed by atoms with Crippen molar-refractivity contribution < 1.29 is 27.2 Å². The third-order valence-electron chi connectivity index (χ3n) is 4.05. The van der Waals surface area contributed by atoms with E-state index in [9.17, 15) is 13.2 Å². The highest BCUT2D eigenvalue weighted by Gasteiger charge is 2.52. The van der Waals surface area contributed by atoms with E-state index < -0.39 is 35.8 Å². The van der Waals surface area contributed by atoms with Gasteiger partial charge in [0, 0.05) is 6.07 Å². The molecule has 0 saturated carbocycles. The van der Waals surface area contributed by atoms with E-state index in [-0.39, 0.29) is 11.3 Å². The third-order valence-corrected chi connectivity index (χ3v) is 4.05. The van der Waals surface area contributed by atoms with Gasteiger partial charge in [-0.1, -0.05) is 0 Å². The number of rotatable bonds is 2. The molecule has 4 nitrogen and oxygen atoms in total. The van der Waals surface area contributed by atoms with Gasteiger partial charge in [0.05, 0.1) is 11.2 Å². The van der Waals surface area contributed by atoms with Gasteiger partial charge in [-0.2, -0.15) is 13.2 Å². The maximum Gasteiger partial charge on any atom is 0.495 e. The van der Waals surface area contributed by atoms with Gasteiger partial charge in [-0.15, -0.1) is 0 Å². The number of ether oxygens (including phenoxy) is 1. The van der Waals surface area contributed by atoms with E-state index in [2.05, 4.69) is 4.98 Å². The quantitative estimate of drug-likeness (QED) is 0.769. The maximum atomic E-state index is 13.2. The Morgan fingerprint density at radius 3 is 1.92 bits per heavy atom. The van der Waals surface area contributed by atoms with Gasteiger partial charge in [0.15, 0.2) is 0 Å². The number of halogens is 3. The first-order valence-corrected chi connectivity index (χ1v) is 7.75. The molecule has 0 amide bonds. The number of aromatic nitrogens is 1. The van der Waals surface area contributed by atoms with Crippen LogP contribution in [0.15, 0.2) is 12.1 Å². The summed E-state index contributed by atoms with van der Waals surface area (Å²) in [6.45, 7) is 12.6. The Labute approximate surface area is 140 Å². The van der Waals surface area contributed by atoms with Crippen LogP contribution in [0.25, 0.3) is 0 Å². The molecule has 0 spiro atoms. The molecule has 0 radical (unpaired) electrons. The Kier molecular flexibility index (Phi) is 4.47. The lowest BCUT2D eigenvalue weighted by molar-refractivity contribution is -0.141. The van der Waals surface area contributed by atoms with Crippen molar-refractivity contribution in [1.29, 1.82) is 0 Å². The van der Waals surface area contributed by atoms with Crippen LogP contribution in [-0.2, 0) is 15.5 Å². The molecule has 24 heavy (non-hydrogen) atoms. The fraction of sp³-hybridized carbons (Fsp3) is 0.688.